The van der Waals surface area contributed by atoms with Crippen molar-refractivity contribution in [2.75, 3.05) is 13.7 Å². The molecular weight excluding hydrogens is 142 g/mol. The molecule has 0 radical (unpaired) electrons. The van der Waals surface area contributed by atoms with Crippen LogP contribution in [0.25, 0.3) is 0 Å². The van der Waals surface area contributed by atoms with Gasteiger partial charge < -0.3 is 10.1 Å². The molecule has 0 saturated carbocycles. The van der Waals surface area contributed by atoms with Crippen LogP contribution >= 0.6 is 0 Å². The van der Waals surface area contributed by atoms with Crippen molar-refractivity contribution in [1.82, 2.24) is 5.32 Å². The molecule has 11 heavy (non-hydrogen) atoms. The quantitative estimate of drug-likeness (QED) is 0.654. The highest BCUT2D eigenvalue weighted by molar-refractivity contribution is 5.75. The van der Waals surface area contributed by atoms with Crippen LogP contribution in [-0.2, 0) is 9.53 Å². The highest BCUT2D eigenvalue weighted by atomic mass is 16.5. The van der Waals surface area contributed by atoms with E-state index in [9.17, 15) is 4.79 Å². The Balaban J connectivity index is 2.06. The number of carbonyl (C=O) groups excluding carboxylic acids is 1. The lowest BCUT2D eigenvalue weighted by Crippen LogP contribution is -2.19. The highest BCUT2D eigenvalue weighted by Crippen LogP contribution is 2.16. The Bertz CT molecular complexity index is 130. The minimum Gasteiger partial charge on any atom is -0.378 e. The molecule has 1 rings (SSSR count). The zero-order chi connectivity index (χ0) is 8.10. The number of hydrogen-bond acceptors (Lipinski definition) is 2. The topological polar surface area (TPSA) is 38.3 Å². The lowest BCUT2D eigenvalue weighted by Gasteiger charge is -2.06. The zero-order valence-electron chi connectivity index (χ0n) is 6.93. The van der Waals surface area contributed by atoms with Gasteiger partial charge in [0, 0.05) is 20.1 Å². The van der Waals surface area contributed by atoms with Crippen molar-refractivity contribution >= 4 is 5.91 Å². The third-order valence-corrected chi connectivity index (χ3v) is 2.00. The molecule has 1 saturated heterocycles. The van der Waals surface area contributed by atoms with Crippen molar-refractivity contribution in [3.05, 3.63) is 0 Å². The van der Waals surface area contributed by atoms with E-state index in [0.29, 0.717) is 12.5 Å². The van der Waals surface area contributed by atoms with Crippen LogP contribution in [0.1, 0.15) is 25.7 Å². The predicted octanol–water partition coefficient (Wildman–Crippen LogP) is 0.692. The van der Waals surface area contributed by atoms with E-state index in [0.717, 1.165) is 25.9 Å². The molecule has 1 aliphatic heterocycles. The second-order valence-electron chi connectivity index (χ2n) is 2.85. The molecule has 0 aromatic rings. The van der Waals surface area contributed by atoms with E-state index in [-0.39, 0.29) is 5.91 Å². The third kappa shape index (κ3) is 2.89. The summed E-state index contributed by atoms with van der Waals surface area (Å²) in [4.78, 5) is 10.8. The number of hydrogen-bond donors (Lipinski definition) is 1. The van der Waals surface area contributed by atoms with Crippen molar-refractivity contribution in [3.63, 3.8) is 0 Å². The van der Waals surface area contributed by atoms with E-state index in [1.807, 2.05) is 0 Å². The molecule has 1 atom stereocenters. The minimum atomic E-state index is 0.112. The summed E-state index contributed by atoms with van der Waals surface area (Å²) >= 11 is 0. The molecular formula is C8H15NO2. The van der Waals surface area contributed by atoms with E-state index < -0.39 is 0 Å². The first-order valence-electron chi connectivity index (χ1n) is 4.15. The lowest BCUT2D eigenvalue weighted by atomic mass is 10.1. The number of nitrogens with one attached hydrogen (secondary N) is 1. The molecule has 1 heterocycles. The molecule has 0 aromatic carbocycles. The molecule has 1 unspecified atom stereocenters. The number of amides is 1. The van der Waals surface area contributed by atoms with Gasteiger partial charge in [0.2, 0.25) is 5.91 Å². The van der Waals surface area contributed by atoms with Crippen LogP contribution in [0.2, 0.25) is 0 Å². The monoisotopic (exact) mass is 157 g/mol. The van der Waals surface area contributed by atoms with Crippen molar-refractivity contribution < 1.29 is 9.53 Å². The molecule has 1 amide bonds. The Hall–Kier alpha value is -0.570. The molecule has 0 aromatic heterocycles. The first kappa shape index (κ1) is 8.53. The third-order valence-electron chi connectivity index (χ3n) is 2.00. The van der Waals surface area contributed by atoms with Gasteiger partial charge >= 0.3 is 0 Å². The molecule has 1 aliphatic rings. The van der Waals surface area contributed by atoms with Crippen LogP contribution in [0, 0.1) is 0 Å². The van der Waals surface area contributed by atoms with Gasteiger partial charge in [0.1, 0.15) is 0 Å². The Morgan fingerprint density at radius 1 is 1.73 bits per heavy atom. The van der Waals surface area contributed by atoms with Gasteiger partial charge in [0.15, 0.2) is 0 Å². The molecule has 0 spiro atoms. The normalized spacial score (nSPS) is 23.5. The van der Waals surface area contributed by atoms with E-state index in [4.69, 9.17) is 4.74 Å². The molecule has 0 bridgehead atoms. The van der Waals surface area contributed by atoms with Crippen LogP contribution in [0.15, 0.2) is 0 Å². The maximum atomic E-state index is 10.8. The van der Waals surface area contributed by atoms with Gasteiger partial charge in [-0.05, 0) is 19.3 Å². The largest absolute Gasteiger partial charge is 0.378 e. The van der Waals surface area contributed by atoms with Gasteiger partial charge in [-0.1, -0.05) is 0 Å². The van der Waals surface area contributed by atoms with Gasteiger partial charge in [-0.15, -0.1) is 0 Å². The van der Waals surface area contributed by atoms with Crippen LogP contribution < -0.4 is 5.32 Å². The first-order valence-corrected chi connectivity index (χ1v) is 4.15. The fraction of sp³-hybridized carbons (Fsp3) is 0.875. The van der Waals surface area contributed by atoms with E-state index in [1.54, 1.807) is 7.05 Å². The fourth-order valence-corrected chi connectivity index (χ4v) is 1.29. The molecule has 0 aliphatic carbocycles. The van der Waals surface area contributed by atoms with Crippen molar-refractivity contribution in [2.24, 2.45) is 0 Å². The Morgan fingerprint density at radius 2 is 2.55 bits per heavy atom. The number of ether oxygens (including phenoxy) is 1. The first-order chi connectivity index (χ1) is 5.33. The maximum Gasteiger partial charge on any atom is 0.219 e. The number of carbonyl (C=O) groups is 1. The molecule has 64 valence electrons. The van der Waals surface area contributed by atoms with Crippen LogP contribution in [0.4, 0.5) is 0 Å². The van der Waals surface area contributed by atoms with Crippen molar-refractivity contribution in [1.29, 1.82) is 0 Å². The van der Waals surface area contributed by atoms with Gasteiger partial charge in [-0.3, -0.25) is 4.79 Å². The van der Waals surface area contributed by atoms with Crippen molar-refractivity contribution in [2.45, 2.75) is 31.8 Å². The number of rotatable bonds is 3. The average molecular weight is 157 g/mol. The predicted molar refractivity (Wildman–Crippen MR) is 42.3 cm³/mol. The maximum absolute atomic E-state index is 10.8. The van der Waals surface area contributed by atoms with Crippen molar-refractivity contribution in [3.8, 4) is 0 Å². The Morgan fingerprint density at radius 3 is 3.09 bits per heavy atom. The summed E-state index contributed by atoms with van der Waals surface area (Å²) in [6.45, 7) is 0.873. The summed E-state index contributed by atoms with van der Waals surface area (Å²) < 4.78 is 5.37. The average Bonchev–Trinajstić information content (AvgIpc) is 2.52. The molecule has 3 nitrogen and oxygen atoms in total. The summed E-state index contributed by atoms with van der Waals surface area (Å²) in [6.07, 6.45) is 4.09. The van der Waals surface area contributed by atoms with Gasteiger partial charge in [-0.25, -0.2) is 0 Å². The summed E-state index contributed by atoms with van der Waals surface area (Å²) in [5.41, 5.74) is 0. The Labute approximate surface area is 67.1 Å². The lowest BCUT2D eigenvalue weighted by molar-refractivity contribution is -0.121. The van der Waals surface area contributed by atoms with Crippen LogP contribution in [0.3, 0.4) is 0 Å². The van der Waals surface area contributed by atoms with E-state index in [1.165, 1.54) is 0 Å². The van der Waals surface area contributed by atoms with E-state index >= 15 is 0 Å². The van der Waals surface area contributed by atoms with Gasteiger partial charge in [0.25, 0.3) is 0 Å². The zero-order valence-corrected chi connectivity index (χ0v) is 6.93. The molecule has 3 heteroatoms. The van der Waals surface area contributed by atoms with Crippen LogP contribution in [-0.4, -0.2) is 25.7 Å². The summed E-state index contributed by atoms with van der Waals surface area (Å²) in [6, 6.07) is 0. The molecule has 1 N–H and O–H groups in total. The molecule has 1 fully saturated rings. The fourth-order valence-electron chi connectivity index (χ4n) is 1.29. The summed E-state index contributed by atoms with van der Waals surface area (Å²) in [5.74, 6) is 0.112. The SMILES string of the molecule is CNC(=O)CCC1CCCO1. The highest BCUT2D eigenvalue weighted by Gasteiger charge is 2.15. The second kappa shape index (κ2) is 4.34. The van der Waals surface area contributed by atoms with Crippen LogP contribution in [0.5, 0.6) is 0 Å². The second-order valence-corrected chi connectivity index (χ2v) is 2.85. The minimum absolute atomic E-state index is 0.112. The summed E-state index contributed by atoms with van der Waals surface area (Å²) in [5, 5.41) is 2.59. The van der Waals surface area contributed by atoms with Gasteiger partial charge in [-0.2, -0.15) is 0 Å². The standard InChI is InChI=1S/C8H15NO2/c1-9-8(10)5-4-7-3-2-6-11-7/h7H,2-6H2,1H3,(H,9,10). The van der Waals surface area contributed by atoms with E-state index in [2.05, 4.69) is 5.32 Å². The smallest absolute Gasteiger partial charge is 0.219 e. The van der Waals surface area contributed by atoms with Gasteiger partial charge in [0.05, 0.1) is 6.10 Å². The Kier molecular flexibility index (Phi) is 3.36. The summed E-state index contributed by atoms with van der Waals surface area (Å²) in [7, 11) is 1.66.